The monoisotopic (exact) mass is 351 g/mol. The lowest BCUT2D eigenvalue weighted by molar-refractivity contribution is -0.00568. The Morgan fingerprint density at radius 1 is 1.17 bits per heavy atom. The number of methoxy groups -OCH3 is 1. The maximum atomic E-state index is 10.3. The van der Waals surface area contributed by atoms with Gasteiger partial charge >= 0.3 is 0 Å². The lowest BCUT2D eigenvalue weighted by Crippen LogP contribution is -2.52. The van der Waals surface area contributed by atoms with E-state index in [4.69, 9.17) is 9.16 Å². The highest BCUT2D eigenvalue weighted by atomic mass is 28.4. The van der Waals surface area contributed by atoms with Crippen LogP contribution in [0.5, 0.6) is 5.75 Å². The highest BCUT2D eigenvalue weighted by molar-refractivity contribution is 6.74. The number of aliphatic hydroxyl groups excluding tert-OH is 1. The zero-order valence-corrected chi connectivity index (χ0v) is 17.0. The van der Waals surface area contributed by atoms with Gasteiger partial charge in [0.2, 0.25) is 0 Å². The molecule has 1 aromatic carbocycles. The number of hydrogen-bond acceptors (Lipinski definition) is 4. The Bertz CT molecular complexity index is 524. The second-order valence-corrected chi connectivity index (χ2v) is 13.2. The van der Waals surface area contributed by atoms with Gasteiger partial charge in [0, 0.05) is 26.1 Å². The molecule has 5 heteroatoms. The Labute approximate surface area is 147 Å². The largest absolute Gasteiger partial charge is 0.497 e. The molecule has 0 spiro atoms. The van der Waals surface area contributed by atoms with Crippen molar-refractivity contribution in [2.24, 2.45) is 0 Å². The van der Waals surface area contributed by atoms with Crippen LogP contribution in [0.25, 0.3) is 0 Å². The number of nitrogens with zero attached hydrogens (tertiary/aromatic N) is 1. The van der Waals surface area contributed by atoms with Crippen molar-refractivity contribution >= 4 is 8.32 Å². The fourth-order valence-corrected chi connectivity index (χ4v) is 4.27. The average Bonchev–Trinajstić information content (AvgIpc) is 2.45. The first-order chi connectivity index (χ1) is 11.1. The Balaban J connectivity index is 1.99. The molecule has 1 heterocycles. The lowest BCUT2D eigenvalue weighted by Gasteiger charge is -2.43. The van der Waals surface area contributed by atoms with Gasteiger partial charge in [-0.1, -0.05) is 32.9 Å². The summed E-state index contributed by atoms with van der Waals surface area (Å²) in [6, 6.07) is 8.14. The van der Waals surface area contributed by atoms with E-state index in [1.165, 1.54) is 5.56 Å². The molecule has 1 N–H and O–H groups in total. The Kier molecular flexibility index (Phi) is 6.12. The SMILES string of the molecule is COc1ccc(CN2CC(O[Si](C)(C)C(C)(C)C)C[C@@H](O)C2)cc1. The van der Waals surface area contributed by atoms with E-state index < -0.39 is 8.32 Å². The number of hydrogen-bond donors (Lipinski definition) is 1. The van der Waals surface area contributed by atoms with Crippen LogP contribution >= 0.6 is 0 Å². The van der Waals surface area contributed by atoms with Crippen LogP contribution in [0, 0.1) is 0 Å². The minimum absolute atomic E-state index is 0.118. The smallest absolute Gasteiger partial charge is 0.192 e. The molecule has 0 saturated carbocycles. The number of benzene rings is 1. The summed E-state index contributed by atoms with van der Waals surface area (Å²) in [5, 5.41) is 10.5. The number of β-amino-alcohol motifs (C(OH)–C–C–N with tert-alkyl or cyclic N) is 1. The van der Waals surface area contributed by atoms with E-state index in [1.807, 2.05) is 12.1 Å². The maximum Gasteiger partial charge on any atom is 0.192 e. The van der Waals surface area contributed by atoms with Gasteiger partial charge < -0.3 is 14.3 Å². The first kappa shape index (κ1) is 19.4. The zero-order chi connectivity index (χ0) is 18.0. The van der Waals surface area contributed by atoms with E-state index in [1.54, 1.807) is 7.11 Å². The number of piperidine rings is 1. The third kappa shape index (κ3) is 5.05. The molecule has 1 unspecified atom stereocenters. The van der Waals surface area contributed by atoms with E-state index in [0.717, 1.165) is 25.3 Å². The topological polar surface area (TPSA) is 41.9 Å². The van der Waals surface area contributed by atoms with Crippen LogP contribution in [0.15, 0.2) is 24.3 Å². The van der Waals surface area contributed by atoms with Crippen molar-refractivity contribution in [2.75, 3.05) is 20.2 Å². The van der Waals surface area contributed by atoms with E-state index in [2.05, 4.69) is 50.9 Å². The van der Waals surface area contributed by atoms with Crippen LogP contribution in [0.4, 0.5) is 0 Å². The zero-order valence-electron chi connectivity index (χ0n) is 16.0. The van der Waals surface area contributed by atoms with Gasteiger partial charge in [0.25, 0.3) is 0 Å². The minimum Gasteiger partial charge on any atom is -0.497 e. The van der Waals surface area contributed by atoms with Gasteiger partial charge in [0.05, 0.1) is 19.3 Å². The third-order valence-corrected chi connectivity index (χ3v) is 9.83. The van der Waals surface area contributed by atoms with E-state index in [-0.39, 0.29) is 17.2 Å². The molecule has 0 bridgehead atoms. The summed E-state index contributed by atoms with van der Waals surface area (Å²) in [7, 11) is -0.131. The number of ether oxygens (including phenoxy) is 1. The van der Waals surface area contributed by atoms with Crippen LogP contribution in [0.1, 0.15) is 32.8 Å². The molecule has 1 fully saturated rings. The molecule has 0 aliphatic carbocycles. The lowest BCUT2D eigenvalue weighted by atomic mass is 10.0. The Morgan fingerprint density at radius 3 is 2.33 bits per heavy atom. The van der Waals surface area contributed by atoms with Crippen molar-refractivity contribution in [1.82, 2.24) is 4.90 Å². The van der Waals surface area contributed by atoms with Gasteiger partial charge in [-0.3, -0.25) is 4.90 Å². The molecule has 0 radical (unpaired) electrons. The second-order valence-electron chi connectivity index (χ2n) is 8.43. The quantitative estimate of drug-likeness (QED) is 0.822. The highest BCUT2D eigenvalue weighted by Gasteiger charge is 2.40. The van der Waals surface area contributed by atoms with Crippen molar-refractivity contribution < 1.29 is 14.3 Å². The first-order valence-electron chi connectivity index (χ1n) is 8.82. The molecule has 1 aliphatic heterocycles. The summed E-state index contributed by atoms with van der Waals surface area (Å²) < 4.78 is 11.7. The predicted molar refractivity (Wildman–Crippen MR) is 101 cm³/mol. The van der Waals surface area contributed by atoms with Gasteiger partial charge in [-0.25, -0.2) is 0 Å². The van der Waals surface area contributed by atoms with Crippen LogP contribution in [0.2, 0.25) is 18.1 Å². The van der Waals surface area contributed by atoms with Gasteiger partial charge in [0.15, 0.2) is 8.32 Å². The Morgan fingerprint density at radius 2 is 1.79 bits per heavy atom. The summed E-state index contributed by atoms with van der Waals surface area (Å²) in [6.45, 7) is 13.8. The first-order valence-corrected chi connectivity index (χ1v) is 11.7. The molecule has 2 atom stereocenters. The molecular formula is C19H33NO3Si. The van der Waals surface area contributed by atoms with Crippen LogP contribution in [-0.2, 0) is 11.0 Å². The molecule has 1 aromatic rings. The number of likely N-dealkylation sites (tertiary alicyclic amines) is 1. The maximum absolute atomic E-state index is 10.3. The van der Waals surface area contributed by atoms with Crippen molar-refractivity contribution in [3.8, 4) is 5.75 Å². The van der Waals surface area contributed by atoms with E-state index in [9.17, 15) is 5.11 Å². The molecule has 136 valence electrons. The third-order valence-electron chi connectivity index (χ3n) is 5.30. The van der Waals surface area contributed by atoms with Crippen LogP contribution in [-0.4, -0.2) is 50.7 Å². The molecule has 2 rings (SSSR count). The molecule has 1 aliphatic rings. The predicted octanol–water partition coefficient (Wildman–Crippen LogP) is 3.65. The van der Waals surface area contributed by atoms with Crippen LogP contribution in [0.3, 0.4) is 0 Å². The molecule has 24 heavy (non-hydrogen) atoms. The summed E-state index contributed by atoms with van der Waals surface area (Å²) in [5.41, 5.74) is 1.23. The minimum atomic E-state index is -1.81. The standard InChI is InChI=1S/C19H33NO3Si/c1-19(2,3)24(5,6)23-18-11-16(21)13-20(14-18)12-15-7-9-17(22-4)10-8-15/h7-10,16,18,21H,11-14H2,1-6H3/t16-,18?/m1/s1. The fraction of sp³-hybridized carbons (Fsp3) is 0.684. The summed E-state index contributed by atoms with van der Waals surface area (Å²) >= 11 is 0. The number of rotatable bonds is 5. The van der Waals surface area contributed by atoms with E-state index in [0.29, 0.717) is 6.54 Å². The van der Waals surface area contributed by atoms with Gasteiger partial charge in [-0.2, -0.15) is 0 Å². The van der Waals surface area contributed by atoms with Gasteiger partial charge in [-0.15, -0.1) is 0 Å². The summed E-state index contributed by atoms with van der Waals surface area (Å²) in [4.78, 5) is 2.30. The average molecular weight is 352 g/mol. The normalized spacial score (nSPS) is 23.3. The molecule has 0 amide bonds. The van der Waals surface area contributed by atoms with Crippen molar-refractivity contribution in [1.29, 1.82) is 0 Å². The van der Waals surface area contributed by atoms with Crippen molar-refractivity contribution in [3.63, 3.8) is 0 Å². The molecular weight excluding hydrogens is 318 g/mol. The second kappa shape index (κ2) is 7.56. The van der Waals surface area contributed by atoms with Gasteiger partial charge in [-0.05, 0) is 35.8 Å². The number of aliphatic hydroxyl groups is 1. The molecule has 1 saturated heterocycles. The van der Waals surface area contributed by atoms with Crippen LogP contribution < -0.4 is 4.74 Å². The van der Waals surface area contributed by atoms with Crippen molar-refractivity contribution in [3.05, 3.63) is 29.8 Å². The fourth-order valence-electron chi connectivity index (χ4n) is 2.91. The van der Waals surface area contributed by atoms with Gasteiger partial charge in [0.1, 0.15) is 5.75 Å². The Hall–Kier alpha value is -0.883. The molecule has 4 nitrogen and oxygen atoms in total. The van der Waals surface area contributed by atoms with E-state index >= 15 is 0 Å². The highest BCUT2D eigenvalue weighted by Crippen LogP contribution is 2.38. The summed E-state index contributed by atoms with van der Waals surface area (Å²) in [6.07, 6.45) is 0.547. The molecule has 0 aromatic heterocycles. The van der Waals surface area contributed by atoms with Crippen molar-refractivity contribution in [2.45, 2.75) is 64.1 Å². The summed E-state index contributed by atoms with van der Waals surface area (Å²) in [5.74, 6) is 0.872.